The van der Waals surface area contributed by atoms with Gasteiger partial charge in [0.25, 0.3) is 0 Å². The highest BCUT2D eigenvalue weighted by Crippen LogP contribution is 2.13. The summed E-state index contributed by atoms with van der Waals surface area (Å²) in [6, 6.07) is 0. The Labute approximate surface area is 139 Å². The van der Waals surface area contributed by atoms with Crippen LogP contribution in [0, 0.1) is 0 Å². The molecule has 9 heteroatoms. The van der Waals surface area contributed by atoms with E-state index in [-0.39, 0.29) is 12.4 Å². The Bertz CT molecular complexity index is 837. The van der Waals surface area contributed by atoms with E-state index in [1.54, 1.807) is 34.0 Å². The summed E-state index contributed by atoms with van der Waals surface area (Å²) >= 11 is 0. The average Bonchev–Trinajstić information content (AvgIpc) is 3.27. The molecule has 0 atom stereocenters. The highest BCUT2D eigenvalue weighted by molar-refractivity contribution is 5.71. The lowest BCUT2D eigenvalue weighted by Gasteiger charge is -2.00. The van der Waals surface area contributed by atoms with Crippen LogP contribution in [0.1, 0.15) is 26.1 Å². The molecule has 0 spiro atoms. The van der Waals surface area contributed by atoms with Crippen molar-refractivity contribution in [2.24, 2.45) is 0 Å². The van der Waals surface area contributed by atoms with Gasteiger partial charge in [-0.2, -0.15) is 9.78 Å². The largest absolute Gasteiger partial charge is 0.469 e. The maximum absolute atomic E-state index is 11.1. The van der Waals surface area contributed by atoms with E-state index < -0.39 is 0 Å². The minimum Gasteiger partial charge on any atom is -0.469 e. The van der Waals surface area contributed by atoms with Crippen LogP contribution in [0.4, 0.5) is 0 Å². The fraction of sp³-hybridized carbons (Fsp3) is 0.333. The summed E-state index contributed by atoms with van der Waals surface area (Å²) in [6.45, 7) is 8.07. The first-order valence-corrected chi connectivity index (χ1v) is 7.52. The fourth-order valence-corrected chi connectivity index (χ4v) is 1.91. The second kappa shape index (κ2) is 7.95. The van der Waals surface area contributed by atoms with Gasteiger partial charge in [0.2, 0.25) is 0 Å². The van der Waals surface area contributed by atoms with Gasteiger partial charge < -0.3 is 4.74 Å². The van der Waals surface area contributed by atoms with E-state index in [4.69, 9.17) is 0 Å². The summed E-state index contributed by atoms with van der Waals surface area (Å²) < 4.78 is 7.80. The van der Waals surface area contributed by atoms with Gasteiger partial charge in [0, 0.05) is 0 Å². The molecule has 3 heterocycles. The number of aromatic nitrogens is 7. The summed E-state index contributed by atoms with van der Waals surface area (Å²) in [7, 11) is 1.36. The molecule has 3 aromatic rings. The van der Waals surface area contributed by atoms with Crippen LogP contribution in [-0.4, -0.2) is 47.8 Å². The SMILES string of the molecule is C=Cc1ncc2nnn(-c3cnn(CCC(=O)OC)c3)c2n1.CC. The molecule has 0 saturated carbocycles. The van der Waals surface area contributed by atoms with Crippen LogP contribution in [0.2, 0.25) is 0 Å². The number of ether oxygens (including phenoxy) is 1. The summed E-state index contributed by atoms with van der Waals surface area (Å²) in [6.07, 6.45) is 6.77. The lowest BCUT2D eigenvalue weighted by atomic mass is 10.4. The highest BCUT2D eigenvalue weighted by atomic mass is 16.5. The number of carbonyl (C=O) groups excluding carboxylic acids is 1. The van der Waals surface area contributed by atoms with Crippen LogP contribution in [0.3, 0.4) is 0 Å². The van der Waals surface area contributed by atoms with Crippen molar-refractivity contribution in [3.8, 4) is 5.69 Å². The molecule has 3 rings (SSSR count). The molecule has 0 saturated heterocycles. The zero-order chi connectivity index (χ0) is 17.5. The van der Waals surface area contributed by atoms with Crippen LogP contribution >= 0.6 is 0 Å². The zero-order valence-electron chi connectivity index (χ0n) is 13.9. The van der Waals surface area contributed by atoms with Gasteiger partial charge in [-0.15, -0.1) is 5.10 Å². The van der Waals surface area contributed by atoms with Gasteiger partial charge in [-0.05, 0) is 6.08 Å². The molecule has 3 aromatic heterocycles. The van der Waals surface area contributed by atoms with Gasteiger partial charge in [0.05, 0.1) is 38.7 Å². The summed E-state index contributed by atoms with van der Waals surface area (Å²) in [5.74, 6) is 0.209. The molecule has 0 bridgehead atoms. The Kier molecular flexibility index (Phi) is 5.72. The highest BCUT2D eigenvalue weighted by Gasteiger charge is 2.11. The predicted molar refractivity (Wildman–Crippen MR) is 88.3 cm³/mol. The maximum Gasteiger partial charge on any atom is 0.307 e. The van der Waals surface area contributed by atoms with Crippen LogP contribution < -0.4 is 0 Å². The van der Waals surface area contributed by atoms with Gasteiger partial charge in [-0.1, -0.05) is 25.6 Å². The van der Waals surface area contributed by atoms with Crippen molar-refractivity contribution in [1.29, 1.82) is 0 Å². The van der Waals surface area contributed by atoms with Crippen molar-refractivity contribution in [3.05, 3.63) is 31.0 Å². The van der Waals surface area contributed by atoms with Crippen molar-refractivity contribution in [1.82, 2.24) is 34.7 Å². The Hall–Kier alpha value is -3.10. The molecule has 0 aromatic carbocycles. The van der Waals surface area contributed by atoms with Crippen molar-refractivity contribution in [2.75, 3.05) is 7.11 Å². The second-order valence-corrected chi connectivity index (χ2v) is 4.43. The predicted octanol–water partition coefficient (Wildman–Crippen LogP) is 1.64. The van der Waals surface area contributed by atoms with E-state index >= 15 is 0 Å². The number of hydrogen-bond acceptors (Lipinski definition) is 7. The van der Waals surface area contributed by atoms with Crippen molar-refractivity contribution in [2.45, 2.75) is 26.8 Å². The van der Waals surface area contributed by atoms with Crippen molar-refractivity contribution >= 4 is 23.2 Å². The molecule has 0 fully saturated rings. The third-order valence-corrected chi connectivity index (χ3v) is 3.03. The van der Waals surface area contributed by atoms with Gasteiger partial charge in [0.1, 0.15) is 5.69 Å². The molecule has 24 heavy (non-hydrogen) atoms. The second-order valence-electron chi connectivity index (χ2n) is 4.43. The molecule has 9 nitrogen and oxygen atoms in total. The van der Waals surface area contributed by atoms with Gasteiger partial charge in [-0.3, -0.25) is 9.48 Å². The Morgan fingerprint density at radius 2 is 2.17 bits per heavy atom. The Morgan fingerprint density at radius 3 is 2.88 bits per heavy atom. The summed E-state index contributed by atoms with van der Waals surface area (Å²) in [5, 5.41) is 12.2. The van der Waals surface area contributed by atoms with Crippen LogP contribution in [0.5, 0.6) is 0 Å². The number of aryl methyl sites for hydroxylation is 1. The molecule has 0 aliphatic carbocycles. The van der Waals surface area contributed by atoms with E-state index in [0.717, 1.165) is 0 Å². The van der Waals surface area contributed by atoms with E-state index in [2.05, 4.69) is 36.7 Å². The third kappa shape index (κ3) is 3.62. The van der Waals surface area contributed by atoms with E-state index in [0.29, 0.717) is 29.2 Å². The Balaban J connectivity index is 0.00000100. The molecular formula is C15H19N7O2. The number of methoxy groups -OCH3 is 1. The standard InChI is InChI=1S/C13H13N7O2.C2H6/c1-3-11-14-7-10-13(16-11)20(18-17-10)9-6-15-19(8-9)5-4-12(21)22-2;1-2/h3,6-8H,1,4-5H2,2H3;1-2H3. The molecule has 0 aliphatic rings. The lowest BCUT2D eigenvalue weighted by molar-refractivity contribution is -0.140. The van der Waals surface area contributed by atoms with E-state index in [1.165, 1.54) is 7.11 Å². The Morgan fingerprint density at radius 1 is 1.38 bits per heavy atom. The quantitative estimate of drug-likeness (QED) is 0.656. The average molecular weight is 329 g/mol. The van der Waals surface area contributed by atoms with E-state index in [9.17, 15) is 4.79 Å². The number of fused-ring (bicyclic) bond motifs is 1. The maximum atomic E-state index is 11.1. The first kappa shape index (κ1) is 17.3. The van der Waals surface area contributed by atoms with Gasteiger partial charge >= 0.3 is 5.97 Å². The van der Waals surface area contributed by atoms with Crippen LogP contribution in [0.25, 0.3) is 22.9 Å². The minimum absolute atomic E-state index is 0.249. The summed E-state index contributed by atoms with van der Waals surface area (Å²) in [4.78, 5) is 19.6. The normalized spacial score (nSPS) is 10.1. The monoisotopic (exact) mass is 329 g/mol. The fourth-order valence-electron chi connectivity index (χ4n) is 1.91. The first-order chi connectivity index (χ1) is 11.7. The molecule has 0 unspecified atom stereocenters. The van der Waals surface area contributed by atoms with Crippen molar-refractivity contribution in [3.63, 3.8) is 0 Å². The van der Waals surface area contributed by atoms with E-state index in [1.807, 2.05) is 13.8 Å². The molecule has 0 amide bonds. The van der Waals surface area contributed by atoms with Crippen LogP contribution in [-0.2, 0) is 16.1 Å². The van der Waals surface area contributed by atoms with Crippen LogP contribution in [0.15, 0.2) is 25.2 Å². The molecule has 0 aliphatic heterocycles. The number of hydrogen-bond donors (Lipinski definition) is 0. The van der Waals surface area contributed by atoms with Gasteiger partial charge in [0.15, 0.2) is 17.0 Å². The lowest BCUT2D eigenvalue weighted by Crippen LogP contribution is -2.07. The number of rotatable bonds is 5. The summed E-state index contributed by atoms with van der Waals surface area (Å²) in [5.41, 5.74) is 1.84. The zero-order valence-corrected chi connectivity index (χ0v) is 13.9. The number of nitrogens with zero attached hydrogens (tertiary/aromatic N) is 7. The van der Waals surface area contributed by atoms with Crippen molar-refractivity contribution < 1.29 is 9.53 Å². The molecule has 0 radical (unpaired) electrons. The molecule has 126 valence electrons. The molecule has 0 N–H and O–H groups in total. The first-order valence-electron chi connectivity index (χ1n) is 7.52. The number of esters is 1. The third-order valence-electron chi connectivity index (χ3n) is 3.03. The van der Waals surface area contributed by atoms with Gasteiger partial charge in [-0.25, -0.2) is 9.97 Å². The molecular weight excluding hydrogens is 310 g/mol. The number of carbonyl (C=O) groups is 1. The smallest absolute Gasteiger partial charge is 0.307 e. The topological polar surface area (TPSA) is 101 Å². The minimum atomic E-state index is -0.286.